The molecule has 4 rings (SSSR count). The molecule has 0 aliphatic rings. The highest BCUT2D eigenvalue weighted by atomic mass is 16.6. The number of hydrogen-bond donors (Lipinski definition) is 1. The number of nitrogens with one attached hydrogen (secondary N) is 1. The van der Waals surface area contributed by atoms with E-state index >= 15 is 0 Å². The first-order chi connectivity index (χ1) is 15.0. The summed E-state index contributed by atoms with van der Waals surface area (Å²) in [7, 11) is 0. The van der Waals surface area contributed by atoms with Crippen molar-refractivity contribution in [2.75, 3.05) is 5.32 Å². The van der Waals surface area contributed by atoms with Crippen LogP contribution in [0.25, 0.3) is 22.1 Å². The number of anilines is 1. The Balaban J connectivity index is 1.50. The van der Waals surface area contributed by atoms with Gasteiger partial charge in [-0.1, -0.05) is 60.7 Å². The Morgan fingerprint density at radius 3 is 2.39 bits per heavy atom. The summed E-state index contributed by atoms with van der Waals surface area (Å²) >= 11 is 0. The molecule has 0 radical (unpaired) electrons. The molecule has 3 aromatic carbocycles. The largest absolute Gasteiger partial charge is 0.449 e. The minimum atomic E-state index is -1.10. The summed E-state index contributed by atoms with van der Waals surface area (Å²) in [6, 6.07) is 24.6. The molecule has 0 aliphatic heterocycles. The number of amides is 1. The second-order valence-corrected chi connectivity index (χ2v) is 6.92. The van der Waals surface area contributed by atoms with Crippen molar-refractivity contribution in [3.63, 3.8) is 0 Å². The van der Waals surface area contributed by atoms with Crippen molar-refractivity contribution in [1.82, 2.24) is 0 Å². The molecule has 6 heteroatoms. The van der Waals surface area contributed by atoms with Crippen molar-refractivity contribution in [2.45, 2.75) is 13.0 Å². The molecule has 154 valence electrons. The first kappa shape index (κ1) is 20.1. The fourth-order valence-electron chi connectivity index (χ4n) is 3.17. The van der Waals surface area contributed by atoms with E-state index < -0.39 is 18.0 Å². The first-order valence-electron chi connectivity index (χ1n) is 9.72. The van der Waals surface area contributed by atoms with Crippen molar-refractivity contribution < 1.29 is 18.7 Å². The van der Waals surface area contributed by atoms with E-state index in [2.05, 4.69) is 5.32 Å². The zero-order valence-electron chi connectivity index (χ0n) is 16.7. The van der Waals surface area contributed by atoms with Crippen molar-refractivity contribution in [2.24, 2.45) is 0 Å². The van der Waals surface area contributed by atoms with Gasteiger partial charge in [0.15, 0.2) is 11.5 Å². The van der Waals surface area contributed by atoms with Crippen molar-refractivity contribution >= 4 is 28.5 Å². The molecule has 0 saturated heterocycles. The van der Waals surface area contributed by atoms with Gasteiger partial charge in [-0.3, -0.25) is 9.59 Å². The molecule has 31 heavy (non-hydrogen) atoms. The van der Waals surface area contributed by atoms with E-state index in [1.807, 2.05) is 48.5 Å². The maximum absolute atomic E-state index is 12.7. The summed E-state index contributed by atoms with van der Waals surface area (Å²) in [6.45, 7) is 1.46. The molecule has 0 fully saturated rings. The molecule has 1 N–H and O–H groups in total. The van der Waals surface area contributed by atoms with E-state index in [9.17, 15) is 14.4 Å². The fraction of sp³-hybridized carbons (Fsp3) is 0.0800. The van der Waals surface area contributed by atoms with E-state index in [4.69, 9.17) is 9.15 Å². The maximum atomic E-state index is 12.7. The second-order valence-electron chi connectivity index (χ2n) is 6.92. The standard InChI is InChI=1S/C25H19NO5/c1-16(30-25(29)23-15-21(27)19-12-6-8-14-22(19)31-23)24(28)26-20-13-7-5-11-18(20)17-9-3-2-4-10-17/h2-16H,1H3,(H,26,28). The third kappa shape index (κ3) is 4.38. The van der Waals surface area contributed by atoms with Gasteiger partial charge in [0.1, 0.15) is 5.58 Å². The second kappa shape index (κ2) is 8.67. The number of rotatable bonds is 5. The smallest absolute Gasteiger partial charge is 0.375 e. The Labute approximate surface area is 178 Å². The number of carbonyl (C=O) groups excluding carboxylic acids is 2. The number of carbonyl (C=O) groups is 2. The van der Waals surface area contributed by atoms with Crippen molar-refractivity contribution in [3.8, 4) is 11.1 Å². The minimum Gasteiger partial charge on any atom is -0.449 e. The molecule has 1 atom stereocenters. The number of ether oxygens (including phenoxy) is 1. The van der Waals surface area contributed by atoms with Gasteiger partial charge in [-0.25, -0.2) is 4.79 Å². The third-order valence-corrected chi connectivity index (χ3v) is 4.76. The molecule has 6 nitrogen and oxygen atoms in total. The van der Waals surface area contributed by atoms with Gasteiger partial charge in [0.25, 0.3) is 5.91 Å². The van der Waals surface area contributed by atoms with Crippen molar-refractivity contribution in [1.29, 1.82) is 0 Å². The molecule has 1 heterocycles. The van der Waals surface area contributed by atoms with Crippen LogP contribution >= 0.6 is 0 Å². The van der Waals surface area contributed by atoms with Gasteiger partial charge in [-0.05, 0) is 30.7 Å². The van der Waals surface area contributed by atoms with Crippen molar-refractivity contribution in [3.05, 3.63) is 101 Å². The van der Waals surface area contributed by atoms with E-state index in [1.165, 1.54) is 6.92 Å². The van der Waals surface area contributed by atoms with Crippen LogP contribution in [0.3, 0.4) is 0 Å². The van der Waals surface area contributed by atoms with Gasteiger partial charge in [-0.2, -0.15) is 0 Å². The summed E-state index contributed by atoms with van der Waals surface area (Å²) in [5.41, 5.74) is 2.30. The van der Waals surface area contributed by atoms with Gasteiger partial charge in [0.2, 0.25) is 5.76 Å². The van der Waals surface area contributed by atoms with Crippen LogP contribution in [0.5, 0.6) is 0 Å². The summed E-state index contributed by atoms with van der Waals surface area (Å²) in [6.07, 6.45) is -1.10. The summed E-state index contributed by atoms with van der Waals surface area (Å²) in [5, 5.41) is 3.16. The van der Waals surface area contributed by atoms with E-state index in [-0.39, 0.29) is 16.8 Å². The summed E-state index contributed by atoms with van der Waals surface area (Å²) in [5.74, 6) is -1.64. The van der Waals surface area contributed by atoms with Gasteiger partial charge in [-0.15, -0.1) is 0 Å². The van der Waals surface area contributed by atoms with Crippen LogP contribution in [0, 0.1) is 0 Å². The van der Waals surface area contributed by atoms with E-state index in [0.29, 0.717) is 11.1 Å². The van der Waals surface area contributed by atoms with Gasteiger partial charge in [0, 0.05) is 17.3 Å². The Kier molecular flexibility index (Phi) is 5.62. The highest BCUT2D eigenvalue weighted by Gasteiger charge is 2.22. The highest BCUT2D eigenvalue weighted by Crippen LogP contribution is 2.27. The molecule has 1 unspecified atom stereocenters. The molecule has 1 amide bonds. The van der Waals surface area contributed by atoms with Gasteiger partial charge in [0.05, 0.1) is 5.39 Å². The van der Waals surface area contributed by atoms with Crippen LogP contribution in [0.1, 0.15) is 17.5 Å². The van der Waals surface area contributed by atoms with Crippen LogP contribution in [-0.2, 0) is 9.53 Å². The lowest BCUT2D eigenvalue weighted by Gasteiger charge is -2.15. The zero-order valence-corrected chi connectivity index (χ0v) is 16.7. The number of benzene rings is 3. The number of hydrogen-bond acceptors (Lipinski definition) is 5. The SMILES string of the molecule is CC(OC(=O)c1cc(=O)c2ccccc2o1)C(=O)Nc1ccccc1-c1ccccc1. The topological polar surface area (TPSA) is 85.6 Å². The lowest BCUT2D eigenvalue weighted by molar-refractivity contribution is -0.123. The maximum Gasteiger partial charge on any atom is 0.375 e. The number of fused-ring (bicyclic) bond motifs is 1. The molecule has 1 aromatic heterocycles. The molecule has 0 saturated carbocycles. The summed E-state index contributed by atoms with van der Waals surface area (Å²) < 4.78 is 10.7. The predicted molar refractivity (Wildman–Crippen MR) is 118 cm³/mol. The first-order valence-corrected chi connectivity index (χ1v) is 9.72. The van der Waals surface area contributed by atoms with Crippen LogP contribution in [0.15, 0.2) is 94.1 Å². The van der Waals surface area contributed by atoms with Crippen LogP contribution in [0.2, 0.25) is 0 Å². The minimum absolute atomic E-state index is 0.256. The third-order valence-electron chi connectivity index (χ3n) is 4.76. The number of para-hydroxylation sites is 2. The summed E-state index contributed by atoms with van der Waals surface area (Å²) in [4.78, 5) is 37.3. The fourth-order valence-corrected chi connectivity index (χ4v) is 3.17. The molecular weight excluding hydrogens is 394 g/mol. The van der Waals surface area contributed by atoms with E-state index in [0.717, 1.165) is 17.2 Å². The van der Waals surface area contributed by atoms with Crippen LogP contribution < -0.4 is 10.7 Å². The Bertz CT molecular complexity index is 1310. The van der Waals surface area contributed by atoms with Crippen LogP contribution in [-0.4, -0.2) is 18.0 Å². The quantitative estimate of drug-likeness (QED) is 0.482. The Hall–Kier alpha value is -4.19. The average molecular weight is 413 g/mol. The molecule has 4 aromatic rings. The molecule has 0 aliphatic carbocycles. The van der Waals surface area contributed by atoms with Gasteiger partial charge < -0.3 is 14.5 Å². The normalized spacial score (nSPS) is 11.6. The zero-order chi connectivity index (χ0) is 21.8. The predicted octanol–water partition coefficient (Wildman–Crippen LogP) is 4.64. The van der Waals surface area contributed by atoms with Gasteiger partial charge >= 0.3 is 5.97 Å². The lowest BCUT2D eigenvalue weighted by atomic mass is 10.0. The number of esters is 1. The molecule has 0 bridgehead atoms. The molecule has 0 spiro atoms. The molecular formula is C25H19NO5. The lowest BCUT2D eigenvalue weighted by Crippen LogP contribution is -2.30. The van der Waals surface area contributed by atoms with Crippen LogP contribution in [0.4, 0.5) is 5.69 Å². The average Bonchev–Trinajstić information content (AvgIpc) is 2.80. The Morgan fingerprint density at radius 1 is 0.903 bits per heavy atom. The monoisotopic (exact) mass is 413 g/mol. The highest BCUT2D eigenvalue weighted by molar-refractivity contribution is 5.99. The Morgan fingerprint density at radius 2 is 1.58 bits per heavy atom. The van der Waals surface area contributed by atoms with E-state index in [1.54, 1.807) is 30.3 Å².